The maximum Gasteiger partial charge on any atom is 0.245 e. The van der Waals surface area contributed by atoms with Crippen LogP contribution in [0.4, 0.5) is 5.69 Å². The van der Waals surface area contributed by atoms with Gasteiger partial charge in [-0.2, -0.15) is 4.31 Å². The number of sulfonamides is 1. The van der Waals surface area contributed by atoms with Crippen molar-refractivity contribution in [2.24, 2.45) is 11.8 Å². The van der Waals surface area contributed by atoms with E-state index in [0.29, 0.717) is 67.9 Å². The number of fused-ring (bicyclic) bond motifs is 1. The van der Waals surface area contributed by atoms with Crippen LogP contribution in [0, 0.1) is 11.8 Å². The maximum atomic E-state index is 13.5. The third kappa shape index (κ3) is 5.31. The summed E-state index contributed by atoms with van der Waals surface area (Å²) in [6, 6.07) is 3.49. The van der Waals surface area contributed by atoms with Gasteiger partial charge in [0.1, 0.15) is 4.90 Å². The van der Waals surface area contributed by atoms with Gasteiger partial charge in [0.25, 0.3) is 0 Å². The Morgan fingerprint density at radius 2 is 1.87 bits per heavy atom. The van der Waals surface area contributed by atoms with E-state index in [1.807, 2.05) is 6.07 Å². The fourth-order valence-electron chi connectivity index (χ4n) is 4.23. The second-order valence-corrected chi connectivity index (χ2v) is 11.5. The van der Waals surface area contributed by atoms with E-state index in [2.05, 4.69) is 35.1 Å². The van der Waals surface area contributed by atoms with E-state index in [1.54, 1.807) is 17.9 Å². The molecule has 2 aliphatic heterocycles. The number of piperidine rings is 1. The van der Waals surface area contributed by atoms with Crippen molar-refractivity contribution in [3.05, 3.63) is 22.2 Å². The lowest BCUT2D eigenvalue weighted by atomic mass is 9.97. The Morgan fingerprint density at radius 3 is 2.48 bits per heavy atom. The molecule has 0 bridgehead atoms. The molecule has 7 nitrogen and oxygen atoms in total. The van der Waals surface area contributed by atoms with Crippen LogP contribution in [0.2, 0.25) is 0 Å². The lowest BCUT2D eigenvalue weighted by Gasteiger charge is -2.32. The molecule has 1 fully saturated rings. The van der Waals surface area contributed by atoms with Gasteiger partial charge in [-0.3, -0.25) is 9.59 Å². The third-order valence-electron chi connectivity index (χ3n) is 6.06. The molecule has 172 valence electrons. The molecular weight excluding hydrogens is 482 g/mol. The van der Waals surface area contributed by atoms with Gasteiger partial charge in [-0.05, 0) is 49.3 Å². The molecule has 9 heteroatoms. The highest BCUT2D eigenvalue weighted by Crippen LogP contribution is 2.39. The van der Waals surface area contributed by atoms with Crippen LogP contribution < -0.4 is 10.2 Å². The van der Waals surface area contributed by atoms with E-state index >= 15 is 0 Å². The lowest BCUT2D eigenvalue weighted by molar-refractivity contribution is -0.126. The fourth-order valence-corrected chi connectivity index (χ4v) is 6.62. The summed E-state index contributed by atoms with van der Waals surface area (Å²) >= 11 is 3.43. The fraction of sp³-hybridized carbons (Fsp3) is 0.636. The largest absolute Gasteiger partial charge is 0.356 e. The summed E-state index contributed by atoms with van der Waals surface area (Å²) < 4.78 is 29.2. The molecule has 0 spiro atoms. The van der Waals surface area contributed by atoms with Crippen LogP contribution in [0.3, 0.4) is 0 Å². The maximum absolute atomic E-state index is 13.5. The molecule has 1 aromatic rings. The minimum Gasteiger partial charge on any atom is -0.356 e. The molecule has 1 aromatic carbocycles. The van der Waals surface area contributed by atoms with Gasteiger partial charge < -0.3 is 10.2 Å². The number of hydrogen-bond donors (Lipinski definition) is 1. The van der Waals surface area contributed by atoms with Crippen LogP contribution in [-0.4, -0.2) is 50.7 Å². The van der Waals surface area contributed by atoms with Crippen molar-refractivity contribution in [3.8, 4) is 0 Å². The van der Waals surface area contributed by atoms with Gasteiger partial charge in [-0.15, -0.1) is 0 Å². The van der Waals surface area contributed by atoms with E-state index in [4.69, 9.17) is 0 Å². The van der Waals surface area contributed by atoms with Crippen molar-refractivity contribution in [1.82, 2.24) is 9.62 Å². The SMILES string of the molecule is CCC(=O)N1CCc2cc(Br)cc(S(=O)(=O)N3CCC(C(=O)NCCC(C)C)CC3)c21. The zero-order valence-corrected chi connectivity index (χ0v) is 20.9. The van der Waals surface area contributed by atoms with E-state index < -0.39 is 10.0 Å². The summed E-state index contributed by atoms with van der Waals surface area (Å²) in [6.07, 6.45) is 2.90. The molecule has 1 saturated heterocycles. The van der Waals surface area contributed by atoms with Gasteiger partial charge in [-0.25, -0.2) is 8.42 Å². The zero-order chi connectivity index (χ0) is 22.8. The van der Waals surface area contributed by atoms with Gasteiger partial charge in [0.15, 0.2) is 0 Å². The molecule has 2 heterocycles. The molecule has 0 saturated carbocycles. The number of rotatable bonds is 7. The summed E-state index contributed by atoms with van der Waals surface area (Å²) in [5.74, 6) is 0.304. The molecule has 0 atom stereocenters. The van der Waals surface area contributed by atoms with Crippen LogP contribution in [-0.2, 0) is 26.0 Å². The highest BCUT2D eigenvalue weighted by molar-refractivity contribution is 9.10. The summed E-state index contributed by atoms with van der Waals surface area (Å²) in [5.41, 5.74) is 1.39. The van der Waals surface area contributed by atoms with Crippen molar-refractivity contribution in [2.75, 3.05) is 31.1 Å². The van der Waals surface area contributed by atoms with Crippen LogP contribution in [0.1, 0.15) is 52.0 Å². The number of hydrogen-bond acceptors (Lipinski definition) is 4. The summed E-state index contributed by atoms with van der Waals surface area (Å²) in [4.78, 5) is 26.6. The molecule has 2 aliphatic rings. The summed E-state index contributed by atoms with van der Waals surface area (Å²) in [6.45, 7) is 7.76. The normalized spacial score (nSPS) is 17.8. The highest BCUT2D eigenvalue weighted by atomic mass is 79.9. The summed E-state index contributed by atoms with van der Waals surface area (Å²) in [7, 11) is -3.78. The van der Waals surface area contributed by atoms with Crippen LogP contribution in [0.25, 0.3) is 0 Å². The van der Waals surface area contributed by atoms with E-state index in [-0.39, 0.29) is 22.6 Å². The van der Waals surface area contributed by atoms with Crippen LogP contribution in [0.15, 0.2) is 21.5 Å². The number of carbonyl (C=O) groups excluding carboxylic acids is 2. The standard InChI is InChI=1S/C22H32BrN3O4S/c1-4-20(27)26-12-8-17-13-18(23)14-19(21(17)26)31(29,30)25-10-6-16(7-11-25)22(28)24-9-5-15(2)3/h13-16H,4-12H2,1-3H3,(H,24,28). The number of benzene rings is 1. The molecule has 1 N–H and O–H groups in total. The molecule has 0 aliphatic carbocycles. The number of amides is 2. The van der Waals surface area contributed by atoms with Crippen LogP contribution >= 0.6 is 15.9 Å². The number of nitrogens with zero attached hydrogens (tertiary/aromatic N) is 2. The molecule has 0 aromatic heterocycles. The van der Waals surface area contributed by atoms with Crippen molar-refractivity contribution < 1.29 is 18.0 Å². The monoisotopic (exact) mass is 513 g/mol. The molecule has 0 radical (unpaired) electrons. The molecular formula is C22H32BrN3O4S. The van der Waals surface area contributed by atoms with Gasteiger partial charge in [0, 0.05) is 43.0 Å². The average Bonchev–Trinajstić information content (AvgIpc) is 3.15. The predicted molar refractivity (Wildman–Crippen MR) is 124 cm³/mol. The zero-order valence-electron chi connectivity index (χ0n) is 18.5. The Morgan fingerprint density at radius 1 is 1.19 bits per heavy atom. The predicted octanol–water partition coefficient (Wildman–Crippen LogP) is 3.31. The quantitative estimate of drug-likeness (QED) is 0.605. The first-order chi connectivity index (χ1) is 14.6. The highest BCUT2D eigenvalue weighted by Gasteiger charge is 2.37. The minimum absolute atomic E-state index is 0.0146. The number of halogens is 1. The molecule has 3 rings (SSSR count). The topological polar surface area (TPSA) is 86.8 Å². The second kappa shape index (κ2) is 10.0. The lowest BCUT2D eigenvalue weighted by Crippen LogP contribution is -2.43. The van der Waals surface area contributed by atoms with Gasteiger partial charge in [-0.1, -0.05) is 36.7 Å². The van der Waals surface area contributed by atoms with Gasteiger partial charge in [0.05, 0.1) is 5.69 Å². The smallest absolute Gasteiger partial charge is 0.245 e. The molecule has 0 unspecified atom stereocenters. The van der Waals surface area contributed by atoms with E-state index in [1.165, 1.54) is 4.31 Å². The van der Waals surface area contributed by atoms with Crippen molar-refractivity contribution in [2.45, 2.75) is 57.8 Å². The first-order valence-electron chi connectivity index (χ1n) is 11.1. The molecule has 2 amide bonds. The Kier molecular flexibility index (Phi) is 7.81. The minimum atomic E-state index is -3.78. The van der Waals surface area contributed by atoms with Crippen molar-refractivity contribution >= 4 is 43.5 Å². The number of anilines is 1. The second-order valence-electron chi connectivity index (χ2n) is 8.71. The van der Waals surface area contributed by atoms with E-state index in [9.17, 15) is 18.0 Å². The first kappa shape index (κ1) is 24.2. The van der Waals surface area contributed by atoms with Gasteiger partial charge in [0.2, 0.25) is 21.8 Å². The Hall–Kier alpha value is -1.45. The first-order valence-corrected chi connectivity index (χ1v) is 13.3. The van der Waals surface area contributed by atoms with E-state index in [0.717, 1.165) is 12.0 Å². The summed E-state index contributed by atoms with van der Waals surface area (Å²) in [5, 5.41) is 2.98. The Bertz CT molecular complexity index is 940. The Balaban J connectivity index is 1.75. The number of nitrogens with one attached hydrogen (secondary N) is 1. The van der Waals surface area contributed by atoms with Gasteiger partial charge >= 0.3 is 0 Å². The van der Waals surface area contributed by atoms with Crippen molar-refractivity contribution in [3.63, 3.8) is 0 Å². The van der Waals surface area contributed by atoms with Crippen molar-refractivity contribution in [1.29, 1.82) is 0 Å². The van der Waals surface area contributed by atoms with Crippen LogP contribution in [0.5, 0.6) is 0 Å². The third-order valence-corrected chi connectivity index (χ3v) is 8.43. The Labute approximate surface area is 193 Å². The molecule has 31 heavy (non-hydrogen) atoms. The number of carbonyl (C=O) groups is 2. The average molecular weight is 514 g/mol.